The molecule has 27 heavy (non-hydrogen) atoms. The average molecular weight is 387 g/mol. The summed E-state index contributed by atoms with van der Waals surface area (Å²) < 4.78 is 20.6. The van der Waals surface area contributed by atoms with E-state index < -0.39 is 0 Å². The van der Waals surface area contributed by atoms with Gasteiger partial charge in [0, 0.05) is 10.7 Å². The molecule has 2 aromatic carbocycles. The summed E-state index contributed by atoms with van der Waals surface area (Å²) in [6.45, 7) is 2.47. The highest BCUT2D eigenvalue weighted by Gasteiger charge is 2.28. The minimum atomic E-state index is -0.370. The van der Waals surface area contributed by atoms with Gasteiger partial charge < -0.3 is 10.1 Å². The van der Waals surface area contributed by atoms with Crippen molar-refractivity contribution >= 4 is 23.2 Å². The molecule has 0 radical (unpaired) electrons. The number of carbonyl (C=O) groups is 1. The molecule has 1 aromatic heterocycles. The summed E-state index contributed by atoms with van der Waals surface area (Å²) in [7, 11) is 0. The molecule has 1 aliphatic heterocycles. The molecule has 0 spiro atoms. The highest BCUT2D eigenvalue weighted by atomic mass is 35.5. The maximum Gasteiger partial charge on any atom is 0.278 e. The zero-order valence-corrected chi connectivity index (χ0v) is 15.2. The molecule has 0 bridgehead atoms. The van der Waals surface area contributed by atoms with E-state index in [1.54, 1.807) is 28.9 Å². The number of amides is 1. The zero-order valence-electron chi connectivity index (χ0n) is 14.4. The third kappa shape index (κ3) is 3.56. The molecule has 0 saturated carbocycles. The van der Waals surface area contributed by atoms with Crippen LogP contribution in [0.4, 0.5) is 10.1 Å². The van der Waals surface area contributed by atoms with Crippen molar-refractivity contribution in [1.82, 2.24) is 15.0 Å². The molecule has 6 nitrogen and oxygen atoms in total. The predicted octanol–water partition coefficient (Wildman–Crippen LogP) is 3.90. The number of anilines is 1. The number of nitrogens with zero attached hydrogens (tertiary/aromatic N) is 3. The predicted molar refractivity (Wildman–Crippen MR) is 98.1 cm³/mol. The smallest absolute Gasteiger partial charge is 0.278 e. The molecule has 4 rings (SSSR count). The van der Waals surface area contributed by atoms with Crippen molar-refractivity contribution in [2.75, 3.05) is 5.32 Å². The maximum absolute atomic E-state index is 13.1. The first-order valence-corrected chi connectivity index (χ1v) is 8.76. The van der Waals surface area contributed by atoms with Crippen LogP contribution in [0, 0.1) is 12.7 Å². The number of ether oxygens (including phenoxy) is 1. The molecule has 138 valence electrons. The van der Waals surface area contributed by atoms with E-state index in [0.717, 1.165) is 11.1 Å². The van der Waals surface area contributed by atoms with Crippen LogP contribution in [0.25, 0.3) is 0 Å². The fraction of sp³-hybridized carbons (Fsp3) is 0.211. The second kappa shape index (κ2) is 7.09. The number of hydrogen-bond donors (Lipinski definition) is 1. The van der Waals surface area contributed by atoms with Gasteiger partial charge in [0.15, 0.2) is 5.69 Å². The second-order valence-corrected chi connectivity index (χ2v) is 6.77. The molecule has 1 aliphatic rings. The Kier molecular flexibility index (Phi) is 4.63. The molecule has 8 heteroatoms. The Morgan fingerprint density at radius 2 is 2.07 bits per heavy atom. The van der Waals surface area contributed by atoms with Crippen molar-refractivity contribution in [1.29, 1.82) is 0 Å². The number of benzene rings is 2. The number of fused-ring (bicyclic) bond motifs is 1. The van der Waals surface area contributed by atoms with Crippen LogP contribution in [0.15, 0.2) is 42.5 Å². The van der Waals surface area contributed by atoms with Gasteiger partial charge in [0.2, 0.25) is 0 Å². The Balaban J connectivity index is 1.53. The van der Waals surface area contributed by atoms with Crippen molar-refractivity contribution in [2.24, 2.45) is 0 Å². The van der Waals surface area contributed by atoms with E-state index >= 15 is 0 Å². The first kappa shape index (κ1) is 17.6. The minimum Gasteiger partial charge on any atom is -0.365 e. The van der Waals surface area contributed by atoms with Gasteiger partial charge in [-0.15, -0.1) is 5.10 Å². The van der Waals surface area contributed by atoms with E-state index in [-0.39, 0.29) is 30.1 Å². The van der Waals surface area contributed by atoms with Gasteiger partial charge in [-0.3, -0.25) is 4.79 Å². The molecule has 0 fully saturated rings. The van der Waals surface area contributed by atoms with E-state index in [0.29, 0.717) is 22.9 Å². The molecule has 1 N–H and O–H groups in total. The second-order valence-electron chi connectivity index (χ2n) is 6.33. The highest BCUT2D eigenvalue weighted by molar-refractivity contribution is 6.31. The fourth-order valence-electron chi connectivity index (χ4n) is 2.98. The van der Waals surface area contributed by atoms with E-state index in [1.165, 1.54) is 12.1 Å². The van der Waals surface area contributed by atoms with Crippen molar-refractivity contribution in [3.63, 3.8) is 0 Å². The Labute approximate surface area is 159 Å². The van der Waals surface area contributed by atoms with Gasteiger partial charge in [-0.25, -0.2) is 9.07 Å². The molecule has 1 atom stereocenters. The first-order chi connectivity index (χ1) is 13.0. The average Bonchev–Trinajstić information content (AvgIpc) is 3.08. The lowest BCUT2D eigenvalue weighted by Gasteiger charge is -2.24. The maximum atomic E-state index is 13.1. The van der Waals surface area contributed by atoms with Gasteiger partial charge in [-0.05, 0) is 42.3 Å². The van der Waals surface area contributed by atoms with E-state index in [4.69, 9.17) is 16.3 Å². The molecule has 1 unspecified atom stereocenters. The molecule has 0 saturated heterocycles. The lowest BCUT2D eigenvalue weighted by Crippen LogP contribution is -2.24. The van der Waals surface area contributed by atoms with Crippen LogP contribution >= 0.6 is 11.6 Å². The number of nitrogens with one attached hydrogen (secondary N) is 1. The molecule has 1 amide bonds. The van der Waals surface area contributed by atoms with Crippen molar-refractivity contribution < 1.29 is 13.9 Å². The fourth-order valence-corrected chi connectivity index (χ4v) is 3.15. The number of aryl methyl sites for hydroxylation is 1. The summed E-state index contributed by atoms with van der Waals surface area (Å²) in [5, 5.41) is 11.4. The van der Waals surface area contributed by atoms with Crippen molar-refractivity contribution in [3.05, 3.63) is 75.8 Å². The van der Waals surface area contributed by atoms with Gasteiger partial charge in [-0.1, -0.05) is 35.0 Å². The number of rotatable bonds is 3. The van der Waals surface area contributed by atoms with Gasteiger partial charge >= 0.3 is 0 Å². The Bertz CT molecular complexity index is 1000. The van der Waals surface area contributed by atoms with Crippen LogP contribution in [0.5, 0.6) is 0 Å². The van der Waals surface area contributed by atoms with E-state index in [2.05, 4.69) is 15.6 Å². The number of halogens is 2. The van der Waals surface area contributed by atoms with Crippen LogP contribution in [-0.4, -0.2) is 20.9 Å². The van der Waals surface area contributed by atoms with Crippen LogP contribution in [-0.2, 0) is 17.9 Å². The van der Waals surface area contributed by atoms with Gasteiger partial charge in [0.1, 0.15) is 11.9 Å². The topological polar surface area (TPSA) is 69.0 Å². The molecule has 3 aromatic rings. The zero-order chi connectivity index (χ0) is 19.0. The summed E-state index contributed by atoms with van der Waals surface area (Å²) in [6, 6.07) is 11.4. The normalized spacial score (nSPS) is 16.0. The third-order valence-corrected chi connectivity index (χ3v) is 4.74. The first-order valence-electron chi connectivity index (χ1n) is 8.38. The molecular formula is C19H16ClFN4O2. The molecule has 0 aliphatic carbocycles. The van der Waals surface area contributed by atoms with Crippen molar-refractivity contribution in [2.45, 2.75) is 26.2 Å². The van der Waals surface area contributed by atoms with Crippen LogP contribution in [0.3, 0.4) is 0 Å². The summed E-state index contributed by atoms with van der Waals surface area (Å²) in [6.07, 6.45) is -0.272. The summed E-state index contributed by atoms with van der Waals surface area (Å²) >= 11 is 6.00. The number of carbonyl (C=O) groups excluding carboxylic acids is 1. The minimum absolute atomic E-state index is 0.187. The summed E-state index contributed by atoms with van der Waals surface area (Å²) in [5.41, 5.74) is 3.17. The van der Waals surface area contributed by atoms with Gasteiger partial charge in [0.05, 0.1) is 18.8 Å². The highest BCUT2D eigenvalue weighted by Crippen LogP contribution is 2.28. The largest absolute Gasteiger partial charge is 0.365 e. The quantitative estimate of drug-likeness (QED) is 0.741. The van der Waals surface area contributed by atoms with E-state index in [9.17, 15) is 9.18 Å². The lowest BCUT2D eigenvalue weighted by molar-refractivity contribution is -0.00174. The lowest BCUT2D eigenvalue weighted by atomic mass is 10.1. The van der Waals surface area contributed by atoms with Crippen LogP contribution in [0.1, 0.15) is 33.4 Å². The van der Waals surface area contributed by atoms with Crippen LogP contribution in [0.2, 0.25) is 5.02 Å². The molecular weight excluding hydrogens is 371 g/mol. The SMILES string of the molecule is Cc1ccc(Cl)cc1NC(=O)c1nnn2c1COC(c1ccc(F)cc1)C2. The van der Waals surface area contributed by atoms with Crippen LogP contribution < -0.4 is 5.32 Å². The molecule has 2 heterocycles. The monoisotopic (exact) mass is 386 g/mol. The number of aromatic nitrogens is 3. The summed E-state index contributed by atoms with van der Waals surface area (Å²) in [4.78, 5) is 12.6. The Morgan fingerprint density at radius 1 is 1.30 bits per heavy atom. The number of hydrogen-bond acceptors (Lipinski definition) is 4. The van der Waals surface area contributed by atoms with Gasteiger partial charge in [-0.2, -0.15) is 0 Å². The van der Waals surface area contributed by atoms with E-state index in [1.807, 2.05) is 13.0 Å². The Hall–Kier alpha value is -2.77. The summed E-state index contributed by atoms with van der Waals surface area (Å²) in [5.74, 6) is -0.670. The van der Waals surface area contributed by atoms with Crippen molar-refractivity contribution in [3.8, 4) is 0 Å². The van der Waals surface area contributed by atoms with Gasteiger partial charge in [0.25, 0.3) is 5.91 Å². The Morgan fingerprint density at radius 3 is 2.85 bits per heavy atom. The standard InChI is InChI=1S/C19H16ClFN4O2/c1-11-2-5-13(20)8-15(11)22-19(26)18-16-10-27-17(9-25(16)24-23-18)12-3-6-14(21)7-4-12/h2-8,17H,9-10H2,1H3,(H,22,26). The third-order valence-electron chi connectivity index (χ3n) is 4.50.